The van der Waals surface area contributed by atoms with Crippen LogP contribution in [-0.2, 0) is 0 Å². The predicted octanol–water partition coefficient (Wildman–Crippen LogP) is 3.01. The van der Waals surface area contributed by atoms with E-state index in [4.69, 9.17) is 0 Å². The maximum absolute atomic E-state index is 3.56. The highest BCUT2D eigenvalue weighted by atomic mass is 14.4. The maximum Gasteiger partial charge on any atom is -0.00834 e. The second kappa shape index (κ2) is 2.01. The molecule has 0 aromatic rings. The number of hydrogen-bond donors (Lipinski definition) is 0. The Balaban J connectivity index is 2.35. The average Bonchev–Trinajstić information content (AvgIpc) is 2.40. The van der Waals surface area contributed by atoms with Gasteiger partial charge >= 0.3 is 0 Å². The summed E-state index contributed by atoms with van der Waals surface area (Å²) in [6.07, 6.45) is 0. The minimum absolute atomic E-state index is 0.774. The predicted molar refractivity (Wildman–Crippen MR) is 47.2 cm³/mol. The van der Waals surface area contributed by atoms with Crippen LogP contribution in [0.3, 0.4) is 0 Å². The third-order valence-corrected chi connectivity index (χ3v) is 3.75. The molecule has 0 heteroatoms. The molecule has 2 rings (SSSR count). The molecule has 0 amide bonds. The number of allylic oxidation sites excluding steroid dienone is 1. The Hall–Kier alpha value is -0.480. The average molecular weight is 148 g/mol. The van der Waals surface area contributed by atoms with E-state index in [9.17, 15) is 0 Å². The Morgan fingerprint density at radius 1 is 0.727 bits per heavy atom. The Bertz CT molecular complexity index is 209. The summed E-state index contributed by atoms with van der Waals surface area (Å²) in [7, 11) is 0. The lowest BCUT2D eigenvalue weighted by molar-refractivity contribution is 0.342. The Labute approximate surface area is 69.0 Å². The highest BCUT2D eigenvalue weighted by Gasteiger charge is 2.40. The van der Waals surface area contributed by atoms with Crippen LogP contribution in [0.2, 0.25) is 0 Å². The first-order valence-corrected chi connectivity index (χ1v) is 4.63. The summed E-state index contributed by atoms with van der Waals surface area (Å²) < 4.78 is 0. The van der Waals surface area contributed by atoms with Gasteiger partial charge in [-0.15, -0.1) is 5.73 Å². The molecule has 0 radical (unpaired) electrons. The van der Waals surface area contributed by atoms with Crippen LogP contribution in [0.25, 0.3) is 0 Å². The van der Waals surface area contributed by atoms with Gasteiger partial charge in [-0.2, -0.15) is 0 Å². The molecule has 0 saturated carbocycles. The molecule has 2 aliphatic carbocycles. The van der Waals surface area contributed by atoms with Gasteiger partial charge in [0.1, 0.15) is 0 Å². The molecule has 2 bridgehead atoms. The molecule has 0 heterocycles. The summed E-state index contributed by atoms with van der Waals surface area (Å²) in [4.78, 5) is 0. The van der Waals surface area contributed by atoms with Crippen molar-refractivity contribution in [3.63, 3.8) is 0 Å². The molecular weight excluding hydrogens is 132 g/mol. The summed E-state index contributed by atoms with van der Waals surface area (Å²) >= 11 is 0. The number of hydrogen-bond acceptors (Lipinski definition) is 0. The van der Waals surface area contributed by atoms with Crippen molar-refractivity contribution in [1.82, 2.24) is 0 Å². The zero-order chi connectivity index (χ0) is 8.17. The Morgan fingerprint density at radius 3 is 1.18 bits per heavy atom. The fraction of sp³-hybridized carbons (Fsp3) is 0.727. The van der Waals surface area contributed by atoms with Crippen molar-refractivity contribution < 1.29 is 0 Å². The molecule has 0 saturated heterocycles. The molecule has 0 aromatic heterocycles. The van der Waals surface area contributed by atoms with E-state index in [1.165, 1.54) is 0 Å². The largest absolute Gasteiger partial charge is 0.121 e. The van der Waals surface area contributed by atoms with Crippen LogP contribution in [0.4, 0.5) is 0 Å². The molecule has 4 unspecified atom stereocenters. The van der Waals surface area contributed by atoms with E-state index in [0.717, 1.165) is 23.7 Å². The first-order valence-electron chi connectivity index (χ1n) is 4.63. The van der Waals surface area contributed by atoms with Crippen LogP contribution in [0.1, 0.15) is 27.7 Å². The molecule has 0 aliphatic heterocycles. The van der Waals surface area contributed by atoms with Crippen LogP contribution in [-0.4, -0.2) is 0 Å². The Morgan fingerprint density at radius 2 is 1.00 bits per heavy atom. The quantitative estimate of drug-likeness (QED) is 0.463. The summed E-state index contributed by atoms with van der Waals surface area (Å²) in [6.45, 7) is 9.34. The molecule has 0 fully saturated rings. The summed E-state index contributed by atoms with van der Waals surface area (Å²) in [5.74, 6) is 3.10. The van der Waals surface area contributed by atoms with E-state index in [1.54, 1.807) is 11.1 Å². The Kier molecular flexibility index (Phi) is 1.32. The van der Waals surface area contributed by atoms with Crippen molar-refractivity contribution in [2.24, 2.45) is 23.7 Å². The smallest absolute Gasteiger partial charge is 0.00834 e. The SMILES string of the molecule is CC1C2=C=C(C1C)C(C)C2C. The summed E-state index contributed by atoms with van der Waals surface area (Å²) in [5.41, 5.74) is 6.73. The minimum Gasteiger partial charge on any atom is -0.121 e. The van der Waals surface area contributed by atoms with E-state index in [-0.39, 0.29) is 0 Å². The van der Waals surface area contributed by atoms with E-state index in [1.807, 2.05) is 0 Å². The monoisotopic (exact) mass is 148 g/mol. The minimum atomic E-state index is 0.774. The van der Waals surface area contributed by atoms with E-state index in [0.29, 0.717) is 0 Å². The molecule has 4 atom stereocenters. The topological polar surface area (TPSA) is 0 Å². The molecule has 11 heavy (non-hydrogen) atoms. The number of rotatable bonds is 0. The van der Waals surface area contributed by atoms with Crippen LogP contribution >= 0.6 is 0 Å². The zero-order valence-corrected chi connectivity index (χ0v) is 7.81. The summed E-state index contributed by atoms with van der Waals surface area (Å²) in [6, 6.07) is 0. The van der Waals surface area contributed by atoms with Gasteiger partial charge in [0.15, 0.2) is 0 Å². The lowest BCUT2D eigenvalue weighted by atomic mass is 9.71. The van der Waals surface area contributed by atoms with Crippen LogP contribution in [0.15, 0.2) is 16.9 Å². The first kappa shape index (κ1) is 7.18. The third kappa shape index (κ3) is 0.711. The molecule has 0 spiro atoms. The molecule has 0 nitrogen and oxygen atoms in total. The standard InChI is InChI=1S/C11H16/c1-6-7(2)11-5-10(6)8(3)9(11)4/h6-9H,1-4H3. The van der Waals surface area contributed by atoms with Crippen molar-refractivity contribution in [3.8, 4) is 0 Å². The molecule has 0 aromatic carbocycles. The zero-order valence-electron chi connectivity index (χ0n) is 7.81. The normalized spacial score (nSPS) is 47.6. The van der Waals surface area contributed by atoms with Crippen LogP contribution in [0.5, 0.6) is 0 Å². The summed E-state index contributed by atoms with van der Waals surface area (Å²) in [5, 5.41) is 0. The van der Waals surface area contributed by atoms with Gasteiger partial charge in [-0.1, -0.05) is 27.7 Å². The van der Waals surface area contributed by atoms with E-state index >= 15 is 0 Å². The van der Waals surface area contributed by atoms with Gasteiger partial charge in [0.2, 0.25) is 0 Å². The van der Waals surface area contributed by atoms with Crippen LogP contribution in [0, 0.1) is 23.7 Å². The first-order chi connectivity index (χ1) is 5.13. The van der Waals surface area contributed by atoms with Crippen molar-refractivity contribution in [2.45, 2.75) is 27.7 Å². The molecule has 60 valence electrons. The van der Waals surface area contributed by atoms with Gasteiger partial charge < -0.3 is 0 Å². The molecule has 0 N–H and O–H groups in total. The van der Waals surface area contributed by atoms with Crippen molar-refractivity contribution in [2.75, 3.05) is 0 Å². The maximum atomic E-state index is 3.56. The second-order valence-electron chi connectivity index (χ2n) is 4.19. The fourth-order valence-corrected chi connectivity index (χ4v) is 2.53. The van der Waals surface area contributed by atoms with Gasteiger partial charge in [-0.25, -0.2) is 0 Å². The highest BCUT2D eigenvalue weighted by Crippen LogP contribution is 2.49. The van der Waals surface area contributed by atoms with Gasteiger partial charge in [0, 0.05) is 0 Å². The van der Waals surface area contributed by atoms with Gasteiger partial charge in [0.25, 0.3) is 0 Å². The fourth-order valence-electron chi connectivity index (χ4n) is 2.53. The lowest BCUT2D eigenvalue weighted by Gasteiger charge is -2.32. The van der Waals surface area contributed by atoms with Crippen molar-refractivity contribution >= 4 is 0 Å². The van der Waals surface area contributed by atoms with Gasteiger partial charge in [-0.05, 0) is 34.8 Å². The third-order valence-electron chi connectivity index (χ3n) is 3.75. The van der Waals surface area contributed by atoms with Gasteiger partial charge in [0.05, 0.1) is 0 Å². The van der Waals surface area contributed by atoms with Crippen molar-refractivity contribution in [1.29, 1.82) is 0 Å². The second-order valence-corrected chi connectivity index (χ2v) is 4.19. The van der Waals surface area contributed by atoms with Crippen LogP contribution < -0.4 is 0 Å². The van der Waals surface area contributed by atoms with E-state index in [2.05, 4.69) is 33.4 Å². The van der Waals surface area contributed by atoms with E-state index < -0.39 is 0 Å². The van der Waals surface area contributed by atoms with Crippen molar-refractivity contribution in [3.05, 3.63) is 16.9 Å². The highest BCUT2D eigenvalue weighted by molar-refractivity contribution is 5.35. The lowest BCUT2D eigenvalue weighted by Crippen LogP contribution is -2.25. The van der Waals surface area contributed by atoms with Gasteiger partial charge in [-0.3, -0.25) is 0 Å². The molecule has 2 aliphatic rings. The molecular formula is C11H16.